The number of hydrogen-bond acceptors (Lipinski definition) is 4. The standard InChI is InChI=1S/C35H39F5N2O2/c36-30-19-28(44-27-10-14-34(21-27)12-4-15-41-16-5-13-34)20-31(37)32(30)33-29-9-8-26(43-22-24-6-2-1-3-7-24)18-25(29)11-17-42(33)23-35(38,39)40/h1-3,6-9,18-20,27,33,41H,4-5,10-17,21-23H2. The molecule has 6 rings (SSSR count). The molecular weight excluding hydrogens is 575 g/mol. The lowest BCUT2D eigenvalue weighted by Gasteiger charge is -2.38. The van der Waals surface area contributed by atoms with Crippen LogP contribution in [0.15, 0.2) is 60.7 Å². The Bertz CT molecular complexity index is 1400. The van der Waals surface area contributed by atoms with E-state index in [-0.39, 0.29) is 23.8 Å². The molecule has 0 aromatic heterocycles. The summed E-state index contributed by atoms with van der Waals surface area (Å²) in [6.07, 6.45) is 2.75. The number of halogens is 5. The lowest BCUT2D eigenvalue weighted by atomic mass is 9.77. The summed E-state index contributed by atoms with van der Waals surface area (Å²) in [5.74, 6) is -1.17. The molecule has 3 aliphatic rings. The Morgan fingerprint density at radius 3 is 2.32 bits per heavy atom. The SMILES string of the molecule is Fc1cc(OC2CCC3(CCCNCCC3)C2)cc(F)c1C1c2ccc(OCc3ccccc3)cc2CCN1CC(F)(F)F. The smallest absolute Gasteiger partial charge is 0.401 e. The summed E-state index contributed by atoms with van der Waals surface area (Å²) in [6, 6.07) is 15.7. The van der Waals surface area contributed by atoms with Crippen LogP contribution in [0.3, 0.4) is 0 Å². The molecule has 9 heteroatoms. The Hall–Kier alpha value is -3.17. The zero-order chi connectivity index (χ0) is 30.7. The van der Waals surface area contributed by atoms with Crippen LogP contribution in [0.4, 0.5) is 22.0 Å². The van der Waals surface area contributed by atoms with Gasteiger partial charge in [-0.2, -0.15) is 13.2 Å². The van der Waals surface area contributed by atoms with Crippen LogP contribution < -0.4 is 14.8 Å². The van der Waals surface area contributed by atoms with Crippen molar-refractivity contribution in [3.8, 4) is 11.5 Å². The zero-order valence-electron chi connectivity index (χ0n) is 24.8. The van der Waals surface area contributed by atoms with Crippen LogP contribution in [0.1, 0.15) is 73.2 Å². The molecule has 3 aromatic rings. The largest absolute Gasteiger partial charge is 0.490 e. The summed E-state index contributed by atoms with van der Waals surface area (Å²) < 4.78 is 84.7. The average molecular weight is 615 g/mol. The first kappa shape index (κ1) is 30.8. The van der Waals surface area contributed by atoms with Gasteiger partial charge in [0.2, 0.25) is 0 Å². The number of rotatable bonds is 7. The second-order valence-corrected chi connectivity index (χ2v) is 12.6. The molecule has 44 heavy (non-hydrogen) atoms. The molecule has 0 radical (unpaired) electrons. The van der Waals surface area contributed by atoms with Gasteiger partial charge in [-0.1, -0.05) is 36.4 Å². The third kappa shape index (κ3) is 7.20. The highest BCUT2D eigenvalue weighted by molar-refractivity contribution is 5.46. The second-order valence-electron chi connectivity index (χ2n) is 12.6. The van der Waals surface area contributed by atoms with Gasteiger partial charge in [-0.3, -0.25) is 4.90 Å². The highest BCUT2D eigenvalue weighted by Gasteiger charge is 2.41. The van der Waals surface area contributed by atoms with Crippen molar-refractivity contribution < 1.29 is 31.4 Å². The summed E-state index contributed by atoms with van der Waals surface area (Å²) >= 11 is 0. The van der Waals surface area contributed by atoms with E-state index in [4.69, 9.17) is 9.47 Å². The summed E-state index contributed by atoms with van der Waals surface area (Å²) in [5.41, 5.74) is 1.94. The number of ether oxygens (including phenoxy) is 2. The maximum Gasteiger partial charge on any atom is 0.401 e. The first-order chi connectivity index (χ1) is 21.2. The van der Waals surface area contributed by atoms with Crippen LogP contribution in [0.5, 0.6) is 11.5 Å². The molecule has 4 nitrogen and oxygen atoms in total. The van der Waals surface area contributed by atoms with Gasteiger partial charge in [-0.15, -0.1) is 0 Å². The predicted molar refractivity (Wildman–Crippen MR) is 159 cm³/mol. The molecule has 1 N–H and O–H groups in total. The molecule has 0 bridgehead atoms. The van der Waals surface area contributed by atoms with Crippen molar-refractivity contribution in [1.29, 1.82) is 0 Å². The van der Waals surface area contributed by atoms with E-state index in [0.717, 1.165) is 80.6 Å². The molecule has 236 valence electrons. The van der Waals surface area contributed by atoms with E-state index in [1.165, 1.54) is 0 Å². The maximum atomic E-state index is 15.8. The lowest BCUT2D eigenvalue weighted by molar-refractivity contribution is -0.150. The van der Waals surface area contributed by atoms with Crippen molar-refractivity contribution in [2.45, 2.75) is 76.3 Å². The van der Waals surface area contributed by atoms with Gasteiger partial charge in [0.05, 0.1) is 18.7 Å². The first-order valence-electron chi connectivity index (χ1n) is 15.6. The minimum Gasteiger partial charge on any atom is -0.490 e. The summed E-state index contributed by atoms with van der Waals surface area (Å²) in [5, 5.41) is 3.44. The Balaban J connectivity index is 1.24. The molecule has 1 spiro atoms. The van der Waals surface area contributed by atoms with Gasteiger partial charge in [-0.25, -0.2) is 8.78 Å². The van der Waals surface area contributed by atoms with Crippen molar-refractivity contribution in [2.24, 2.45) is 5.41 Å². The Labute approximate surface area is 255 Å². The second kappa shape index (κ2) is 13.1. The lowest BCUT2D eigenvalue weighted by Crippen LogP contribution is -2.42. The first-order valence-corrected chi connectivity index (χ1v) is 15.6. The molecule has 1 aliphatic carbocycles. The topological polar surface area (TPSA) is 33.7 Å². The van der Waals surface area contributed by atoms with Gasteiger partial charge in [0.25, 0.3) is 0 Å². The van der Waals surface area contributed by atoms with Gasteiger partial charge < -0.3 is 14.8 Å². The molecule has 0 amide bonds. The van der Waals surface area contributed by atoms with Crippen LogP contribution in [0, 0.1) is 17.0 Å². The fourth-order valence-corrected chi connectivity index (χ4v) is 7.44. The Morgan fingerprint density at radius 1 is 0.886 bits per heavy atom. The molecule has 1 saturated heterocycles. The van der Waals surface area contributed by atoms with E-state index in [1.54, 1.807) is 18.2 Å². The van der Waals surface area contributed by atoms with Gasteiger partial charge in [0.1, 0.15) is 29.7 Å². The number of benzene rings is 3. The monoisotopic (exact) mass is 614 g/mol. The molecular formula is C35H39F5N2O2. The fourth-order valence-electron chi connectivity index (χ4n) is 7.44. The number of hydrogen-bond donors (Lipinski definition) is 1. The summed E-state index contributed by atoms with van der Waals surface area (Å²) in [4.78, 5) is 1.11. The van der Waals surface area contributed by atoms with Gasteiger partial charge in [-0.05, 0) is 98.7 Å². The fraction of sp³-hybridized carbons (Fsp3) is 0.486. The van der Waals surface area contributed by atoms with E-state index in [9.17, 15) is 13.2 Å². The minimum absolute atomic E-state index is 0.00385. The Morgan fingerprint density at radius 2 is 1.61 bits per heavy atom. The zero-order valence-corrected chi connectivity index (χ0v) is 24.8. The summed E-state index contributed by atoms with van der Waals surface area (Å²) in [6.45, 7) is 1.05. The normalized spacial score (nSPS) is 22.3. The van der Waals surface area contributed by atoms with Gasteiger partial charge in [0.15, 0.2) is 0 Å². The minimum atomic E-state index is -4.53. The highest BCUT2D eigenvalue weighted by atomic mass is 19.4. The van der Waals surface area contributed by atoms with Crippen molar-refractivity contribution >= 4 is 0 Å². The van der Waals surface area contributed by atoms with Crippen LogP contribution in [0.25, 0.3) is 0 Å². The molecule has 2 aliphatic heterocycles. The third-order valence-electron chi connectivity index (χ3n) is 9.48. The Kier molecular flexibility index (Phi) is 9.15. The predicted octanol–water partition coefficient (Wildman–Crippen LogP) is 8.13. The van der Waals surface area contributed by atoms with Crippen molar-refractivity contribution in [3.63, 3.8) is 0 Å². The van der Waals surface area contributed by atoms with E-state index in [1.807, 2.05) is 30.3 Å². The molecule has 2 atom stereocenters. The van der Waals surface area contributed by atoms with Gasteiger partial charge in [0, 0.05) is 24.2 Å². The quantitative estimate of drug-likeness (QED) is 0.273. The van der Waals surface area contributed by atoms with Crippen molar-refractivity contribution in [1.82, 2.24) is 10.2 Å². The highest BCUT2D eigenvalue weighted by Crippen LogP contribution is 2.48. The van der Waals surface area contributed by atoms with Crippen molar-refractivity contribution in [3.05, 3.63) is 94.6 Å². The molecule has 1 saturated carbocycles. The number of nitrogens with zero attached hydrogens (tertiary/aromatic N) is 1. The number of fused-ring (bicyclic) bond motifs is 1. The maximum absolute atomic E-state index is 15.8. The number of nitrogens with one attached hydrogen (secondary N) is 1. The van der Waals surface area contributed by atoms with Crippen LogP contribution >= 0.6 is 0 Å². The van der Waals surface area contributed by atoms with Gasteiger partial charge >= 0.3 is 6.18 Å². The van der Waals surface area contributed by atoms with E-state index < -0.39 is 36.0 Å². The van der Waals surface area contributed by atoms with E-state index in [2.05, 4.69) is 5.32 Å². The van der Waals surface area contributed by atoms with Crippen LogP contribution in [-0.2, 0) is 13.0 Å². The van der Waals surface area contributed by atoms with Crippen LogP contribution in [-0.4, -0.2) is 43.4 Å². The average Bonchev–Trinajstić information content (AvgIpc) is 3.37. The molecule has 2 fully saturated rings. The van der Waals surface area contributed by atoms with E-state index >= 15 is 8.78 Å². The molecule has 3 aromatic carbocycles. The number of alkyl halides is 3. The summed E-state index contributed by atoms with van der Waals surface area (Å²) in [7, 11) is 0. The third-order valence-corrected chi connectivity index (χ3v) is 9.48. The van der Waals surface area contributed by atoms with Crippen LogP contribution in [0.2, 0.25) is 0 Å². The van der Waals surface area contributed by atoms with Crippen molar-refractivity contribution in [2.75, 3.05) is 26.2 Å². The molecule has 2 heterocycles. The molecule has 2 unspecified atom stereocenters. The van der Waals surface area contributed by atoms with E-state index in [0.29, 0.717) is 29.9 Å².